The van der Waals surface area contributed by atoms with Crippen LogP contribution in [0.2, 0.25) is 10.0 Å². The molecule has 5 rings (SSSR count). The Morgan fingerprint density at radius 1 is 1.00 bits per heavy atom. The van der Waals surface area contributed by atoms with Crippen molar-refractivity contribution < 1.29 is 0 Å². The third-order valence-electron chi connectivity index (χ3n) is 6.48. The van der Waals surface area contributed by atoms with E-state index in [-0.39, 0.29) is 5.41 Å². The highest BCUT2D eigenvalue weighted by Gasteiger charge is 2.35. The molecular weight excluding hydrogens is 461 g/mol. The number of fused-ring (bicyclic) bond motifs is 1. The fourth-order valence-corrected chi connectivity index (χ4v) is 5.94. The third-order valence-corrected chi connectivity index (χ3v) is 8.48. The van der Waals surface area contributed by atoms with Crippen molar-refractivity contribution >= 4 is 46.6 Å². The fraction of sp³-hybridized carbons (Fsp3) is 0.292. The van der Waals surface area contributed by atoms with Crippen LogP contribution in [0.25, 0.3) is 5.65 Å². The Kier molecular flexibility index (Phi) is 6.01. The van der Waals surface area contributed by atoms with E-state index >= 15 is 0 Å². The number of aromatic nitrogens is 4. The quantitative estimate of drug-likeness (QED) is 0.322. The molecule has 2 aromatic carbocycles. The molecule has 0 saturated carbocycles. The van der Waals surface area contributed by atoms with Crippen molar-refractivity contribution in [3.63, 3.8) is 0 Å². The molecule has 0 atom stereocenters. The highest BCUT2D eigenvalue weighted by Crippen LogP contribution is 2.41. The highest BCUT2D eigenvalue weighted by molar-refractivity contribution is 7.99. The van der Waals surface area contributed by atoms with E-state index in [2.05, 4.69) is 52.4 Å². The molecule has 0 aliphatic carbocycles. The molecule has 164 valence electrons. The lowest BCUT2D eigenvalue weighted by atomic mass is 9.71. The summed E-state index contributed by atoms with van der Waals surface area (Å²) in [6.07, 6.45) is 6.91. The number of rotatable bonds is 5. The Morgan fingerprint density at radius 3 is 2.53 bits per heavy atom. The van der Waals surface area contributed by atoms with Crippen molar-refractivity contribution in [3.05, 3.63) is 76.7 Å². The molecule has 1 aliphatic heterocycles. The normalized spacial score (nSPS) is 15.9. The smallest absolute Gasteiger partial charge is 0.212 e. The topological polar surface area (TPSA) is 46.3 Å². The summed E-state index contributed by atoms with van der Waals surface area (Å²) in [7, 11) is 0. The zero-order valence-corrected chi connectivity index (χ0v) is 20.0. The maximum atomic E-state index is 6.39. The van der Waals surface area contributed by atoms with Gasteiger partial charge in [0.1, 0.15) is 6.33 Å². The van der Waals surface area contributed by atoms with Crippen molar-refractivity contribution in [1.29, 1.82) is 0 Å². The minimum atomic E-state index is 0.225. The first-order chi connectivity index (χ1) is 15.6. The molecule has 0 spiro atoms. The first-order valence-corrected chi connectivity index (χ1v) is 12.3. The summed E-state index contributed by atoms with van der Waals surface area (Å²) in [6, 6.07) is 16.5. The number of hydrogen-bond acceptors (Lipinski definition) is 5. The molecule has 8 heteroatoms. The summed E-state index contributed by atoms with van der Waals surface area (Å²) < 4.78 is 1.97. The Bertz CT molecular complexity index is 1240. The first kappa shape index (κ1) is 21.6. The summed E-state index contributed by atoms with van der Waals surface area (Å²) in [5.74, 6) is 0.879. The minimum Gasteiger partial charge on any atom is -0.342 e. The van der Waals surface area contributed by atoms with Crippen LogP contribution in [0.5, 0.6) is 0 Å². The van der Waals surface area contributed by atoms with Crippen LogP contribution in [-0.2, 0) is 5.41 Å². The average Bonchev–Trinajstić information content (AvgIpc) is 3.33. The van der Waals surface area contributed by atoms with Crippen LogP contribution in [0.1, 0.15) is 31.7 Å². The molecule has 0 unspecified atom stereocenters. The van der Waals surface area contributed by atoms with Gasteiger partial charge in [0, 0.05) is 24.2 Å². The van der Waals surface area contributed by atoms with E-state index in [0.29, 0.717) is 10.0 Å². The Morgan fingerprint density at radius 2 is 1.78 bits per heavy atom. The van der Waals surface area contributed by atoms with Gasteiger partial charge in [0.05, 0.1) is 14.9 Å². The van der Waals surface area contributed by atoms with E-state index < -0.39 is 0 Å². The Labute approximate surface area is 201 Å². The van der Waals surface area contributed by atoms with Crippen LogP contribution < -0.4 is 4.90 Å². The van der Waals surface area contributed by atoms with Crippen molar-refractivity contribution in [2.45, 2.75) is 41.4 Å². The monoisotopic (exact) mass is 483 g/mol. The summed E-state index contributed by atoms with van der Waals surface area (Å²) in [4.78, 5) is 8.91. The van der Waals surface area contributed by atoms with Crippen LogP contribution in [0.3, 0.4) is 0 Å². The zero-order chi connectivity index (χ0) is 22.1. The van der Waals surface area contributed by atoms with Crippen molar-refractivity contribution in [2.75, 3.05) is 18.0 Å². The second kappa shape index (κ2) is 8.93. The summed E-state index contributed by atoms with van der Waals surface area (Å²) >= 11 is 14.1. The van der Waals surface area contributed by atoms with Gasteiger partial charge in [-0.05, 0) is 42.4 Å². The van der Waals surface area contributed by atoms with E-state index in [1.165, 1.54) is 17.3 Å². The van der Waals surface area contributed by atoms with Crippen LogP contribution in [0, 0.1) is 0 Å². The van der Waals surface area contributed by atoms with E-state index in [1.807, 2.05) is 22.7 Å². The van der Waals surface area contributed by atoms with Crippen molar-refractivity contribution in [3.8, 4) is 0 Å². The van der Waals surface area contributed by atoms with Gasteiger partial charge in [-0.2, -0.15) is 0 Å². The number of benzene rings is 2. The second-order valence-corrected chi connectivity index (χ2v) is 9.96. The number of hydrogen-bond donors (Lipinski definition) is 0. The van der Waals surface area contributed by atoms with Gasteiger partial charge in [0.25, 0.3) is 0 Å². The standard InChI is InChI=1S/C24H23Cl2N5S/c1-2-24(17-7-4-3-5-8-17)11-13-30(14-12-24)23-27-15-20(22-29-28-16-31(22)23)32-19-10-6-9-18(25)21(19)26/h3-10,15-16H,2,11-14H2,1H3. The van der Waals surface area contributed by atoms with Gasteiger partial charge in [-0.25, -0.2) is 9.38 Å². The van der Waals surface area contributed by atoms with Crippen molar-refractivity contribution in [2.24, 2.45) is 0 Å². The molecule has 1 aliphatic rings. The van der Waals surface area contributed by atoms with Gasteiger partial charge < -0.3 is 4.90 Å². The summed E-state index contributed by atoms with van der Waals surface area (Å²) in [5, 5.41) is 9.60. The Balaban J connectivity index is 1.41. The zero-order valence-electron chi connectivity index (χ0n) is 17.7. The predicted octanol–water partition coefficient (Wildman–Crippen LogP) is 6.53. The molecule has 0 bridgehead atoms. The molecule has 3 heterocycles. The van der Waals surface area contributed by atoms with Gasteiger partial charge in [0.2, 0.25) is 5.95 Å². The van der Waals surface area contributed by atoms with Crippen LogP contribution >= 0.6 is 35.0 Å². The van der Waals surface area contributed by atoms with Gasteiger partial charge >= 0.3 is 0 Å². The number of nitrogens with zero attached hydrogens (tertiary/aromatic N) is 5. The SMILES string of the molecule is CCC1(c2ccccc2)CCN(c2ncc(Sc3cccc(Cl)c3Cl)c3nncn23)CC1. The molecule has 0 amide bonds. The highest BCUT2D eigenvalue weighted by atomic mass is 35.5. The molecular formula is C24H23Cl2N5S. The van der Waals surface area contributed by atoms with Crippen LogP contribution in [0.15, 0.2) is 70.8 Å². The molecule has 2 aromatic heterocycles. The van der Waals surface area contributed by atoms with Gasteiger partial charge in [-0.1, -0.05) is 78.3 Å². The molecule has 1 fully saturated rings. The van der Waals surface area contributed by atoms with E-state index in [9.17, 15) is 0 Å². The molecule has 32 heavy (non-hydrogen) atoms. The van der Waals surface area contributed by atoms with Gasteiger partial charge in [0.15, 0.2) is 5.65 Å². The van der Waals surface area contributed by atoms with E-state index in [4.69, 9.17) is 28.2 Å². The third kappa shape index (κ3) is 3.85. The lowest BCUT2D eigenvalue weighted by molar-refractivity contribution is 0.318. The maximum Gasteiger partial charge on any atom is 0.212 e. The second-order valence-electron chi connectivity index (χ2n) is 8.09. The lowest BCUT2D eigenvalue weighted by Crippen LogP contribution is -2.43. The van der Waals surface area contributed by atoms with Crippen LogP contribution in [0.4, 0.5) is 5.95 Å². The Hall–Kier alpha value is -2.28. The summed E-state index contributed by atoms with van der Waals surface area (Å²) in [6.45, 7) is 4.18. The molecule has 5 nitrogen and oxygen atoms in total. The molecule has 0 N–H and O–H groups in total. The average molecular weight is 484 g/mol. The first-order valence-electron chi connectivity index (χ1n) is 10.7. The van der Waals surface area contributed by atoms with Gasteiger partial charge in [-0.15, -0.1) is 10.2 Å². The minimum absolute atomic E-state index is 0.225. The number of anilines is 1. The largest absolute Gasteiger partial charge is 0.342 e. The molecule has 1 saturated heterocycles. The van der Waals surface area contributed by atoms with Crippen LogP contribution in [-0.4, -0.2) is 32.7 Å². The number of piperidine rings is 1. The molecule has 4 aromatic rings. The van der Waals surface area contributed by atoms with E-state index in [1.54, 1.807) is 12.4 Å². The lowest BCUT2D eigenvalue weighted by Gasteiger charge is -2.42. The molecule has 0 radical (unpaired) electrons. The number of halogens is 2. The fourth-order valence-electron chi connectivity index (χ4n) is 4.55. The predicted molar refractivity (Wildman–Crippen MR) is 131 cm³/mol. The van der Waals surface area contributed by atoms with Crippen molar-refractivity contribution in [1.82, 2.24) is 19.6 Å². The summed E-state index contributed by atoms with van der Waals surface area (Å²) in [5.41, 5.74) is 2.43. The maximum absolute atomic E-state index is 6.39. The van der Waals surface area contributed by atoms with Gasteiger partial charge in [-0.3, -0.25) is 0 Å². The van der Waals surface area contributed by atoms with E-state index in [0.717, 1.165) is 53.7 Å².